The molecule has 0 radical (unpaired) electrons. The predicted molar refractivity (Wildman–Crippen MR) is 71.0 cm³/mol. The second-order valence-electron chi connectivity index (χ2n) is 5.28. The third-order valence-electron chi connectivity index (χ3n) is 3.75. The Morgan fingerprint density at radius 3 is 2.94 bits per heavy atom. The van der Waals surface area contributed by atoms with Crippen LogP contribution in [0.15, 0.2) is 12.4 Å². The van der Waals surface area contributed by atoms with Gasteiger partial charge in [0.05, 0.1) is 6.20 Å². The van der Waals surface area contributed by atoms with Crippen molar-refractivity contribution in [1.29, 1.82) is 0 Å². The highest BCUT2D eigenvalue weighted by molar-refractivity contribution is 5.03. The highest BCUT2D eigenvalue weighted by Gasteiger charge is 2.14. The minimum Gasteiger partial charge on any atom is -0.320 e. The fraction of sp³-hybridized carbons (Fsp3) is 0.786. The molecule has 1 fully saturated rings. The monoisotopic (exact) mass is 235 g/mol. The van der Waals surface area contributed by atoms with Crippen LogP contribution in [0.25, 0.3) is 0 Å². The molecule has 0 spiro atoms. The van der Waals surface area contributed by atoms with Gasteiger partial charge in [0.2, 0.25) is 0 Å². The molecule has 1 heterocycles. The van der Waals surface area contributed by atoms with Crippen molar-refractivity contribution in [2.75, 3.05) is 13.6 Å². The summed E-state index contributed by atoms with van der Waals surface area (Å²) in [6.45, 7) is 2.22. The maximum Gasteiger partial charge on any atom is 0.0521 e. The Hall–Kier alpha value is -0.830. The number of aromatic nitrogens is 2. The molecule has 3 heteroatoms. The molecule has 17 heavy (non-hydrogen) atoms. The summed E-state index contributed by atoms with van der Waals surface area (Å²) in [5, 5.41) is 7.67. The second kappa shape index (κ2) is 6.80. The summed E-state index contributed by atoms with van der Waals surface area (Å²) in [5.41, 5.74) is 1.39. The van der Waals surface area contributed by atoms with Crippen molar-refractivity contribution in [3.05, 3.63) is 18.0 Å². The van der Waals surface area contributed by atoms with E-state index in [4.69, 9.17) is 0 Å². The van der Waals surface area contributed by atoms with Gasteiger partial charge in [0.15, 0.2) is 0 Å². The van der Waals surface area contributed by atoms with Crippen molar-refractivity contribution in [3.63, 3.8) is 0 Å². The molecule has 0 amide bonds. The van der Waals surface area contributed by atoms with Crippen LogP contribution in [0.2, 0.25) is 0 Å². The van der Waals surface area contributed by atoms with Crippen molar-refractivity contribution < 1.29 is 0 Å². The first-order valence-electron chi connectivity index (χ1n) is 7.04. The normalized spacial score (nSPS) is 17.5. The van der Waals surface area contributed by atoms with Gasteiger partial charge in [-0.3, -0.25) is 4.68 Å². The van der Waals surface area contributed by atoms with Gasteiger partial charge in [0.1, 0.15) is 0 Å². The molecule has 1 N–H and O–H groups in total. The average molecular weight is 235 g/mol. The van der Waals surface area contributed by atoms with Gasteiger partial charge < -0.3 is 5.32 Å². The summed E-state index contributed by atoms with van der Waals surface area (Å²) in [6, 6.07) is 0. The largest absolute Gasteiger partial charge is 0.320 e. The molecular formula is C14H25N3. The quantitative estimate of drug-likeness (QED) is 0.768. The average Bonchev–Trinajstić information content (AvgIpc) is 2.79. The zero-order chi connectivity index (χ0) is 11.9. The first kappa shape index (κ1) is 12.6. The summed E-state index contributed by atoms with van der Waals surface area (Å²) in [7, 11) is 2.01. The topological polar surface area (TPSA) is 29.9 Å². The van der Waals surface area contributed by atoms with Gasteiger partial charge in [-0.15, -0.1) is 0 Å². The molecule has 3 nitrogen and oxygen atoms in total. The van der Waals surface area contributed by atoms with Crippen LogP contribution in [-0.4, -0.2) is 23.4 Å². The summed E-state index contributed by atoms with van der Waals surface area (Å²) >= 11 is 0. The van der Waals surface area contributed by atoms with E-state index in [0.29, 0.717) is 0 Å². The van der Waals surface area contributed by atoms with Gasteiger partial charge in [-0.25, -0.2) is 0 Å². The molecule has 0 saturated heterocycles. The Labute approximate surface area is 105 Å². The van der Waals surface area contributed by atoms with E-state index in [1.54, 1.807) is 0 Å². The van der Waals surface area contributed by atoms with Gasteiger partial charge in [0.25, 0.3) is 0 Å². The number of aryl methyl sites for hydroxylation is 1. The Morgan fingerprint density at radius 2 is 2.18 bits per heavy atom. The van der Waals surface area contributed by atoms with Crippen LogP contribution >= 0.6 is 0 Å². The molecular weight excluding hydrogens is 210 g/mol. The second-order valence-corrected chi connectivity index (χ2v) is 5.28. The minimum absolute atomic E-state index is 0.869. The first-order chi connectivity index (χ1) is 8.38. The highest BCUT2D eigenvalue weighted by Crippen LogP contribution is 2.24. The highest BCUT2D eigenvalue weighted by atomic mass is 15.3. The summed E-state index contributed by atoms with van der Waals surface area (Å²) in [6.07, 6.45) is 13.7. The van der Waals surface area contributed by atoms with Crippen LogP contribution in [0.1, 0.15) is 44.1 Å². The maximum absolute atomic E-state index is 4.49. The van der Waals surface area contributed by atoms with Gasteiger partial charge in [-0.05, 0) is 50.8 Å². The van der Waals surface area contributed by atoms with Crippen LogP contribution in [0, 0.1) is 5.92 Å². The fourth-order valence-electron chi connectivity index (χ4n) is 2.74. The van der Waals surface area contributed by atoms with Crippen molar-refractivity contribution >= 4 is 0 Å². The van der Waals surface area contributed by atoms with Crippen molar-refractivity contribution in [1.82, 2.24) is 15.1 Å². The molecule has 96 valence electrons. The summed E-state index contributed by atoms with van der Waals surface area (Å²) in [4.78, 5) is 0. The Kier molecular flexibility index (Phi) is 5.05. The van der Waals surface area contributed by atoms with Gasteiger partial charge in [-0.2, -0.15) is 5.10 Å². The van der Waals surface area contributed by atoms with Crippen molar-refractivity contribution in [2.24, 2.45) is 5.92 Å². The molecule has 1 aliphatic carbocycles. The molecule has 1 aromatic rings. The zero-order valence-electron chi connectivity index (χ0n) is 11.0. The van der Waals surface area contributed by atoms with E-state index >= 15 is 0 Å². The molecule has 0 atom stereocenters. The lowest BCUT2D eigenvalue weighted by atomic mass is 9.89. The molecule has 0 unspecified atom stereocenters. The third-order valence-corrected chi connectivity index (χ3v) is 3.75. The first-order valence-corrected chi connectivity index (χ1v) is 7.04. The molecule has 0 bridgehead atoms. The standard InChI is InChI=1S/C14H25N3/c1-15-9-5-8-14-10-16-17(12-14)11-13-6-3-2-4-7-13/h10,12-13,15H,2-9,11H2,1H3. The van der Waals surface area contributed by atoms with Gasteiger partial charge in [-0.1, -0.05) is 19.3 Å². The third kappa shape index (κ3) is 4.15. The van der Waals surface area contributed by atoms with Crippen LogP contribution in [0.5, 0.6) is 0 Å². The smallest absolute Gasteiger partial charge is 0.0521 e. The SMILES string of the molecule is CNCCCc1cnn(CC2CCCCC2)c1. The van der Waals surface area contributed by atoms with Crippen LogP contribution in [-0.2, 0) is 13.0 Å². The minimum atomic E-state index is 0.869. The predicted octanol–water partition coefficient (Wildman–Crippen LogP) is 2.62. The lowest BCUT2D eigenvalue weighted by molar-refractivity contribution is 0.308. The molecule has 1 aromatic heterocycles. The van der Waals surface area contributed by atoms with Crippen LogP contribution in [0.4, 0.5) is 0 Å². The molecule has 0 aromatic carbocycles. The number of hydrogen-bond acceptors (Lipinski definition) is 2. The van der Waals surface area contributed by atoms with E-state index in [2.05, 4.69) is 21.3 Å². The lowest BCUT2D eigenvalue weighted by Gasteiger charge is -2.21. The van der Waals surface area contributed by atoms with Crippen LogP contribution < -0.4 is 5.32 Å². The Morgan fingerprint density at radius 1 is 1.35 bits per heavy atom. The van der Waals surface area contributed by atoms with Crippen LogP contribution in [0.3, 0.4) is 0 Å². The van der Waals surface area contributed by atoms with E-state index in [1.807, 2.05) is 13.2 Å². The Bertz CT molecular complexity index is 313. The van der Waals surface area contributed by atoms with Gasteiger partial charge >= 0.3 is 0 Å². The fourth-order valence-corrected chi connectivity index (χ4v) is 2.74. The summed E-state index contributed by atoms with van der Waals surface area (Å²) in [5.74, 6) is 0.869. The number of hydrogen-bond donors (Lipinski definition) is 1. The van der Waals surface area contributed by atoms with E-state index in [0.717, 1.165) is 25.4 Å². The molecule has 1 saturated carbocycles. The van der Waals surface area contributed by atoms with E-state index in [-0.39, 0.29) is 0 Å². The number of nitrogens with zero attached hydrogens (tertiary/aromatic N) is 2. The van der Waals surface area contributed by atoms with E-state index < -0.39 is 0 Å². The van der Waals surface area contributed by atoms with Crippen molar-refractivity contribution in [2.45, 2.75) is 51.5 Å². The zero-order valence-corrected chi connectivity index (χ0v) is 11.0. The number of nitrogens with one attached hydrogen (secondary N) is 1. The van der Waals surface area contributed by atoms with E-state index in [9.17, 15) is 0 Å². The van der Waals surface area contributed by atoms with E-state index in [1.165, 1.54) is 44.1 Å². The summed E-state index contributed by atoms with van der Waals surface area (Å²) < 4.78 is 2.16. The molecule has 0 aliphatic heterocycles. The lowest BCUT2D eigenvalue weighted by Crippen LogP contribution is -2.14. The number of rotatable bonds is 6. The van der Waals surface area contributed by atoms with Gasteiger partial charge in [0, 0.05) is 12.7 Å². The molecule has 1 aliphatic rings. The molecule has 2 rings (SSSR count). The maximum atomic E-state index is 4.49. The van der Waals surface area contributed by atoms with Crippen molar-refractivity contribution in [3.8, 4) is 0 Å². The Balaban J connectivity index is 1.76.